The predicted octanol–water partition coefficient (Wildman–Crippen LogP) is 1.80. The highest BCUT2D eigenvalue weighted by atomic mass is 35.5. The maximum absolute atomic E-state index is 11.2. The van der Waals surface area contributed by atoms with E-state index in [1.165, 1.54) is 11.3 Å². The zero-order chi connectivity index (χ0) is 10.6. The fraction of sp³-hybridized carbons (Fsp3) is 0.444. The SMILES string of the molecule is CNCC(=O)NC(C)c1ccc(Cl)s1. The number of hydrogen-bond donors (Lipinski definition) is 2. The smallest absolute Gasteiger partial charge is 0.234 e. The molecule has 1 rings (SSSR count). The molecule has 78 valence electrons. The molecule has 2 N–H and O–H groups in total. The van der Waals surface area contributed by atoms with Gasteiger partial charge in [-0.2, -0.15) is 0 Å². The summed E-state index contributed by atoms with van der Waals surface area (Å²) in [7, 11) is 1.74. The number of thiophene rings is 1. The third-order valence-electron chi connectivity index (χ3n) is 1.74. The Hall–Kier alpha value is -0.580. The van der Waals surface area contributed by atoms with E-state index >= 15 is 0 Å². The molecule has 0 radical (unpaired) electrons. The lowest BCUT2D eigenvalue weighted by atomic mass is 10.3. The minimum Gasteiger partial charge on any atom is -0.348 e. The number of carbonyl (C=O) groups is 1. The van der Waals surface area contributed by atoms with Crippen LogP contribution in [0.5, 0.6) is 0 Å². The van der Waals surface area contributed by atoms with Crippen LogP contribution in [-0.2, 0) is 4.79 Å². The van der Waals surface area contributed by atoms with E-state index in [1.807, 2.05) is 19.1 Å². The molecule has 0 aliphatic heterocycles. The molecule has 1 heterocycles. The van der Waals surface area contributed by atoms with Crippen molar-refractivity contribution >= 4 is 28.8 Å². The van der Waals surface area contributed by atoms with Crippen LogP contribution in [0.3, 0.4) is 0 Å². The van der Waals surface area contributed by atoms with Crippen molar-refractivity contribution in [3.63, 3.8) is 0 Å². The minimum atomic E-state index is -0.00970. The molecule has 5 heteroatoms. The Morgan fingerprint density at radius 3 is 2.86 bits per heavy atom. The summed E-state index contributed by atoms with van der Waals surface area (Å²) in [5.74, 6) is -0.00970. The van der Waals surface area contributed by atoms with Gasteiger partial charge in [-0.3, -0.25) is 4.79 Å². The van der Waals surface area contributed by atoms with Crippen molar-refractivity contribution in [2.75, 3.05) is 13.6 Å². The van der Waals surface area contributed by atoms with Crippen LogP contribution in [0.1, 0.15) is 17.8 Å². The van der Waals surface area contributed by atoms with Gasteiger partial charge in [-0.1, -0.05) is 11.6 Å². The monoisotopic (exact) mass is 232 g/mol. The number of nitrogens with one attached hydrogen (secondary N) is 2. The first-order chi connectivity index (χ1) is 6.63. The van der Waals surface area contributed by atoms with Gasteiger partial charge in [-0.25, -0.2) is 0 Å². The lowest BCUT2D eigenvalue weighted by Gasteiger charge is -2.11. The largest absolute Gasteiger partial charge is 0.348 e. The number of halogens is 1. The van der Waals surface area contributed by atoms with E-state index in [4.69, 9.17) is 11.6 Å². The van der Waals surface area contributed by atoms with Crippen LogP contribution >= 0.6 is 22.9 Å². The summed E-state index contributed by atoms with van der Waals surface area (Å²) in [6.45, 7) is 2.28. The van der Waals surface area contributed by atoms with Crippen molar-refractivity contribution < 1.29 is 4.79 Å². The summed E-state index contributed by atoms with van der Waals surface area (Å²) >= 11 is 7.28. The van der Waals surface area contributed by atoms with E-state index in [-0.39, 0.29) is 11.9 Å². The molecule has 0 aliphatic rings. The molecule has 1 unspecified atom stereocenters. The fourth-order valence-electron chi connectivity index (χ4n) is 1.09. The quantitative estimate of drug-likeness (QED) is 0.831. The second-order valence-corrected chi connectivity index (χ2v) is 4.71. The van der Waals surface area contributed by atoms with Crippen LogP contribution in [0.25, 0.3) is 0 Å². The Morgan fingerprint density at radius 1 is 1.64 bits per heavy atom. The van der Waals surface area contributed by atoms with Crippen molar-refractivity contribution in [2.24, 2.45) is 0 Å². The average molecular weight is 233 g/mol. The van der Waals surface area contributed by atoms with Crippen molar-refractivity contribution in [1.82, 2.24) is 10.6 Å². The zero-order valence-corrected chi connectivity index (χ0v) is 9.71. The minimum absolute atomic E-state index is 0.00970. The Kier molecular flexibility index (Phi) is 4.38. The second-order valence-electron chi connectivity index (χ2n) is 2.96. The van der Waals surface area contributed by atoms with E-state index in [2.05, 4.69) is 10.6 Å². The van der Waals surface area contributed by atoms with Crippen LogP contribution in [-0.4, -0.2) is 19.5 Å². The molecule has 14 heavy (non-hydrogen) atoms. The summed E-state index contributed by atoms with van der Waals surface area (Å²) in [5, 5.41) is 5.66. The molecule has 0 saturated heterocycles. The normalized spacial score (nSPS) is 12.5. The highest BCUT2D eigenvalue weighted by molar-refractivity contribution is 7.16. The van der Waals surface area contributed by atoms with Gasteiger partial charge in [0.05, 0.1) is 16.9 Å². The van der Waals surface area contributed by atoms with Gasteiger partial charge in [0.1, 0.15) is 0 Å². The first-order valence-electron chi connectivity index (χ1n) is 4.32. The van der Waals surface area contributed by atoms with Crippen LogP contribution in [0.4, 0.5) is 0 Å². The van der Waals surface area contributed by atoms with E-state index in [0.29, 0.717) is 6.54 Å². The molecule has 0 spiro atoms. The topological polar surface area (TPSA) is 41.1 Å². The molecular formula is C9H13ClN2OS. The van der Waals surface area contributed by atoms with Crippen molar-refractivity contribution in [3.05, 3.63) is 21.3 Å². The summed E-state index contributed by atoms with van der Waals surface area (Å²) in [5.41, 5.74) is 0. The Morgan fingerprint density at radius 2 is 2.36 bits per heavy atom. The Labute approximate surface area is 92.5 Å². The first kappa shape index (κ1) is 11.5. The van der Waals surface area contributed by atoms with Crippen LogP contribution in [0.15, 0.2) is 12.1 Å². The van der Waals surface area contributed by atoms with Crippen molar-refractivity contribution in [2.45, 2.75) is 13.0 Å². The summed E-state index contributed by atoms with van der Waals surface area (Å²) in [6, 6.07) is 3.79. The molecule has 0 fully saturated rings. The van der Waals surface area contributed by atoms with Gasteiger partial charge < -0.3 is 10.6 Å². The van der Waals surface area contributed by atoms with Crippen LogP contribution < -0.4 is 10.6 Å². The van der Waals surface area contributed by atoms with Gasteiger partial charge in [-0.15, -0.1) is 11.3 Å². The molecule has 1 aromatic rings. The lowest BCUT2D eigenvalue weighted by Crippen LogP contribution is -2.33. The average Bonchev–Trinajstić information content (AvgIpc) is 2.52. The molecule has 0 saturated carbocycles. The fourth-order valence-corrected chi connectivity index (χ4v) is 2.15. The summed E-state index contributed by atoms with van der Waals surface area (Å²) in [6.07, 6.45) is 0. The Bertz CT molecular complexity index is 314. The molecule has 1 atom stereocenters. The second kappa shape index (κ2) is 5.34. The maximum Gasteiger partial charge on any atom is 0.234 e. The maximum atomic E-state index is 11.2. The van der Waals surface area contributed by atoms with Gasteiger partial charge in [-0.05, 0) is 26.1 Å². The molecule has 3 nitrogen and oxygen atoms in total. The predicted molar refractivity (Wildman–Crippen MR) is 59.8 cm³/mol. The number of rotatable bonds is 4. The standard InChI is InChI=1S/C9H13ClN2OS/c1-6(12-9(13)5-11-2)7-3-4-8(10)14-7/h3-4,6,11H,5H2,1-2H3,(H,12,13). The van der Waals surface area contributed by atoms with Crippen molar-refractivity contribution in [1.29, 1.82) is 0 Å². The molecule has 1 amide bonds. The lowest BCUT2D eigenvalue weighted by molar-refractivity contribution is -0.120. The molecule has 0 aromatic carbocycles. The number of amides is 1. The first-order valence-corrected chi connectivity index (χ1v) is 5.52. The van der Waals surface area contributed by atoms with Gasteiger partial charge in [0, 0.05) is 4.88 Å². The highest BCUT2D eigenvalue weighted by Crippen LogP contribution is 2.26. The Balaban J connectivity index is 2.50. The van der Waals surface area contributed by atoms with E-state index < -0.39 is 0 Å². The number of carbonyl (C=O) groups excluding carboxylic acids is 1. The van der Waals surface area contributed by atoms with Crippen molar-refractivity contribution in [3.8, 4) is 0 Å². The molecule has 0 aliphatic carbocycles. The number of likely N-dealkylation sites (N-methyl/N-ethyl adjacent to an activating group) is 1. The van der Waals surface area contributed by atoms with Gasteiger partial charge in [0.25, 0.3) is 0 Å². The summed E-state index contributed by atoms with van der Waals surface area (Å²) in [4.78, 5) is 12.3. The molecule has 1 aromatic heterocycles. The van der Waals surface area contributed by atoms with E-state index in [9.17, 15) is 4.79 Å². The van der Waals surface area contributed by atoms with Gasteiger partial charge >= 0.3 is 0 Å². The van der Waals surface area contributed by atoms with Gasteiger partial charge in [0.2, 0.25) is 5.91 Å². The van der Waals surface area contributed by atoms with Crippen LogP contribution in [0, 0.1) is 0 Å². The van der Waals surface area contributed by atoms with Gasteiger partial charge in [0.15, 0.2) is 0 Å². The van der Waals surface area contributed by atoms with E-state index in [1.54, 1.807) is 7.05 Å². The third-order valence-corrected chi connectivity index (χ3v) is 3.15. The third kappa shape index (κ3) is 3.29. The molecular weight excluding hydrogens is 220 g/mol. The summed E-state index contributed by atoms with van der Waals surface area (Å²) < 4.78 is 0.745. The number of hydrogen-bond acceptors (Lipinski definition) is 3. The highest BCUT2D eigenvalue weighted by Gasteiger charge is 2.10. The van der Waals surface area contributed by atoms with E-state index in [0.717, 1.165) is 9.21 Å². The molecule has 0 bridgehead atoms. The van der Waals surface area contributed by atoms with Crippen LogP contribution in [0.2, 0.25) is 4.34 Å². The zero-order valence-electron chi connectivity index (χ0n) is 8.13.